The van der Waals surface area contributed by atoms with Crippen LogP contribution in [0.5, 0.6) is 0 Å². The van der Waals surface area contributed by atoms with Crippen LogP contribution in [0.2, 0.25) is 0 Å². The van der Waals surface area contributed by atoms with E-state index in [1.165, 1.54) is 12.3 Å². The second-order valence-electron chi connectivity index (χ2n) is 7.78. The number of fused-ring (bicyclic) bond motifs is 4. The van der Waals surface area contributed by atoms with Crippen LogP contribution in [-0.4, -0.2) is 29.1 Å². The van der Waals surface area contributed by atoms with Crippen molar-refractivity contribution < 1.29 is 4.39 Å². The van der Waals surface area contributed by atoms with E-state index in [0.29, 0.717) is 17.2 Å². The van der Waals surface area contributed by atoms with Gasteiger partial charge in [0.1, 0.15) is 17.5 Å². The summed E-state index contributed by atoms with van der Waals surface area (Å²) in [6.07, 6.45) is 3.30. The molecule has 2 aliphatic heterocycles. The molecule has 1 fully saturated rings. The molecular weight excluding hydrogens is 391 g/mol. The Balaban J connectivity index is 1.54. The molecule has 3 aromatic rings. The van der Waals surface area contributed by atoms with Gasteiger partial charge in [-0.25, -0.2) is 14.4 Å². The van der Waals surface area contributed by atoms with Gasteiger partial charge in [0.2, 0.25) is 0 Å². The number of hydrogen-bond donors (Lipinski definition) is 1. The molecule has 0 amide bonds. The molecule has 0 radical (unpaired) electrons. The Morgan fingerprint density at radius 1 is 1.23 bits per heavy atom. The maximum Gasteiger partial charge on any atom is 0.158 e. The second-order valence-corrected chi connectivity index (χ2v) is 7.78. The maximum absolute atomic E-state index is 13.2. The molecule has 4 heterocycles. The van der Waals surface area contributed by atoms with Gasteiger partial charge in [0.05, 0.1) is 35.3 Å². The zero-order valence-electron chi connectivity index (χ0n) is 16.9. The average Bonchev–Trinajstić information content (AvgIpc) is 2.80. The Morgan fingerprint density at radius 3 is 2.94 bits per heavy atom. The van der Waals surface area contributed by atoms with Crippen molar-refractivity contribution in [2.24, 2.45) is 0 Å². The summed E-state index contributed by atoms with van der Waals surface area (Å²) in [4.78, 5) is 13.6. The summed E-state index contributed by atoms with van der Waals surface area (Å²) >= 11 is 0. The summed E-state index contributed by atoms with van der Waals surface area (Å²) in [5, 5.41) is 12.5. The highest BCUT2D eigenvalue weighted by Crippen LogP contribution is 2.41. The normalized spacial score (nSPS) is 17.0. The van der Waals surface area contributed by atoms with Crippen molar-refractivity contribution in [3.8, 4) is 17.3 Å². The van der Waals surface area contributed by atoms with Crippen LogP contribution >= 0.6 is 0 Å². The van der Waals surface area contributed by atoms with Crippen LogP contribution in [-0.2, 0) is 0 Å². The third-order valence-corrected chi connectivity index (χ3v) is 5.76. The SMILES string of the molecule is C=C(Nc1ccc(F)cn1)N1c2nc(-c3cccc(C#N)c3)ccc2N2CCC[C@@H]1C2. The molecule has 2 bridgehead atoms. The number of anilines is 3. The topological polar surface area (TPSA) is 68.1 Å². The van der Waals surface area contributed by atoms with Crippen molar-refractivity contribution >= 4 is 17.3 Å². The Hall–Kier alpha value is -3.92. The molecule has 1 atom stereocenters. The summed E-state index contributed by atoms with van der Waals surface area (Å²) in [6.45, 7) is 6.15. The number of nitrogens with one attached hydrogen (secondary N) is 1. The van der Waals surface area contributed by atoms with Crippen LogP contribution in [0.4, 0.5) is 21.7 Å². The lowest BCUT2D eigenvalue weighted by Crippen LogP contribution is -2.53. The van der Waals surface area contributed by atoms with Crippen molar-refractivity contribution in [1.29, 1.82) is 5.26 Å². The summed E-state index contributed by atoms with van der Waals surface area (Å²) in [5.41, 5.74) is 3.36. The Labute approximate surface area is 180 Å². The number of benzene rings is 1. The van der Waals surface area contributed by atoms with Gasteiger partial charge in [-0.1, -0.05) is 18.7 Å². The van der Waals surface area contributed by atoms with Gasteiger partial charge in [-0.15, -0.1) is 0 Å². The third kappa shape index (κ3) is 3.57. The summed E-state index contributed by atoms with van der Waals surface area (Å²) in [7, 11) is 0. The van der Waals surface area contributed by atoms with Crippen LogP contribution in [0.25, 0.3) is 11.3 Å². The van der Waals surface area contributed by atoms with Crippen molar-refractivity contribution in [2.45, 2.75) is 18.9 Å². The molecule has 2 aromatic heterocycles. The van der Waals surface area contributed by atoms with Crippen molar-refractivity contribution in [3.05, 3.63) is 78.5 Å². The van der Waals surface area contributed by atoms with Gasteiger partial charge < -0.3 is 15.1 Å². The fraction of sp³-hybridized carbons (Fsp3) is 0.208. The molecule has 0 spiro atoms. The molecule has 6 nitrogen and oxygen atoms in total. The van der Waals surface area contributed by atoms with E-state index in [1.54, 1.807) is 12.1 Å². The molecule has 1 N–H and O–H groups in total. The first kappa shape index (κ1) is 19.1. The van der Waals surface area contributed by atoms with Gasteiger partial charge in [-0.05, 0) is 49.2 Å². The van der Waals surface area contributed by atoms with E-state index in [1.807, 2.05) is 24.3 Å². The molecule has 7 heteroatoms. The number of aromatic nitrogens is 2. The number of halogens is 1. The van der Waals surface area contributed by atoms with E-state index in [-0.39, 0.29) is 11.9 Å². The molecule has 1 aromatic carbocycles. The lowest BCUT2D eigenvalue weighted by Gasteiger charge is -2.47. The van der Waals surface area contributed by atoms with Crippen LogP contribution in [0, 0.1) is 17.1 Å². The van der Waals surface area contributed by atoms with Crippen molar-refractivity contribution in [1.82, 2.24) is 9.97 Å². The van der Waals surface area contributed by atoms with Gasteiger partial charge in [0.15, 0.2) is 5.82 Å². The van der Waals surface area contributed by atoms with Gasteiger partial charge in [-0.2, -0.15) is 5.26 Å². The largest absolute Gasteiger partial charge is 0.366 e. The van der Waals surface area contributed by atoms with Crippen LogP contribution in [0.1, 0.15) is 18.4 Å². The minimum absolute atomic E-state index is 0.231. The van der Waals surface area contributed by atoms with Crippen LogP contribution in [0.3, 0.4) is 0 Å². The molecule has 0 aliphatic carbocycles. The monoisotopic (exact) mass is 412 g/mol. The fourth-order valence-electron chi connectivity index (χ4n) is 4.34. The molecule has 2 aliphatic rings. The number of nitrogens with zero attached hydrogens (tertiary/aromatic N) is 5. The lowest BCUT2D eigenvalue weighted by molar-refractivity contribution is 0.472. The summed E-state index contributed by atoms with van der Waals surface area (Å²) < 4.78 is 13.2. The van der Waals surface area contributed by atoms with Crippen LogP contribution in [0.15, 0.2) is 67.1 Å². The molecule has 154 valence electrons. The van der Waals surface area contributed by atoms with E-state index in [2.05, 4.69) is 38.8 Å². The average molecular weight is 412 g/mol. The van der Waals surface area contributed by atoms with Crippen LogP contribution < -0.4 is 15.1 Å². The Kier molecular flexibility index (Phi) is 4.75. The highest BCUT2D eigenvalue weighted by atomic mass is 19.1. The van der Waals surface area contributed by atoms with E-state index in [0.717, 1.165) is 48.7 Å². The van der Waals surface area contributed by atoms with E-state index < -0.39 is 0 Å². The lowest BCUT2D eigenvalue weighted by atomic mass is 9.99. The molecule has 0 saturated carbocycles. The molecule has 1 saturated heterocycles. The standard InChI is InChI=1S/C24H21FN6/c1-16(28-23-10-7-19(25)14-27-23)31-20-6-3-11-30(15-20)22-9-8-21(29-24(22)31)18-5-2-4-17(12-18)13-26/h2,4-5,7-10,12,14,20H,1,3,6,11,15H2,(H,27,28)/t20-/m1/s1. The summed E-state index contributed by atoms with van der Waals surface area (Å²) in [6, 6.07) is 16.9. The smallest absolute Gasteiger partial charge is 0.158 e. The first-order chi connectivity index (χ1) is 15.1. The zero-order chi connectivity index (χ0) is 21.4. The first-order valence-corrected chi connectivity index (χ1v) is 10.3. The van der Waals surface area contributed by atoms with E-state index in [9.17, 15) is 9.65 Å². The van der Waals surface area contributed by atoms with Gasteiger partial charge >= 0.3 is 0 Å². The molecule has 5 rings (SSSR count). The number of nitriles is 1. The predicted molar refractivity (Wildman–Crippen MR) is 119 cm³/mol. The van der Waals surface area contributed by atoms with Gasteiger partial charge in [0.25, 0.3) is 0 Å². The van der Waals surface area contributed by atoms with E-state index in [4.69, 9.17) is 4.98 Å². The third-order valence-electron chi connectivity index (χ3n) is 5.76. The summed E-state index contributed by atoms with van der Waals surface area (Å²) in [5.74, 6) is 1.63. The minimum Gasteiger partial charge on any atom is -0.366 e. The van der Waals surface area contributed by atoms with Crippen molar-refractivity contribution in [3.63, 3.8) is 0 Å². The highest BCUT2D eigenvalue weighted by molar-refractivity contribution is 5.77. The Morgan fingerprint density at radius 2 is 2.13 bits per heavy atom. The van der Waals surface area contributed by atoms with E-state index >= 15 is 0 Å². The first-order valence-electron chi connectivity index (χ1n) is 10.3. The predicted octanol–water partition coefficient (Wildman–Crippen LogP) is 4.53. The van der Waals surface area contributed by atoms with Gasteiger partial charge in [-0.3, -0.25) is 0 Å². The maximum atomic E-state index is 13.2. The number of pyridine rings is 2. The molecule has 0 unspecified atom stereocenters. The highest BCUT2D eigenvalue weighted by Gasteiger charge is 2.36. The van der Waals surface area contributed by atoms with Gasteiger partial charge in [0, 0.05) is 18.7 Å². The van der Waals surface area contributed by atoms with Crippen molar-refractivity contribution in [2.75, 3.05) is 28.2 Å². The number of rotatable bonds is 4. The molecule has 31 heavy (non-hydrogen) atoms. The number of hydrogen-bond acceptors (Lipinski definition) is 6. The molecular formula is C24H21FN6. The fourth-order valence-corrected chi connectivity index (χ4v) is 4.34. The quantitative estimate of drug-likeness (QED) is 0.679. The number of piperidine rings is 1. The Bertz CT molecular complexity index is 1180. The zero-order valence-corrected chi connectivity index (χ0v) is 16.9. The minimum atomic E-state index is -0.381. The second kappa shape index (κ2) is 7.73.